The summed E-state index contributed by atoms with van der Waals surface area (Å²) in [4.78, 5) is 0.427. The number of benzene rings is 3. The van der Waals surface area contributed by atoms with Gasteiger partial charge in [0.05, 0.1) is 4.90 Å². The van der Waals surface area contributed by atoms with Crippen molar-refractivity contribution < 1.29 is 8.42 Å². The highest BCUT2D eigenvalue weighted by Gasteiger charge is 2.15. The quantitative estimate of drug-likeness (QED) is 0.625. The molecule has 0 radical (unpaired) electrons. The molecular formula is C15H12O2S. The maximum Gasteiger partial charge on any atom is 0.176 e. The first kappa shape index (κ1) is 11.2. The topological polar surface area (TPSA) is 34.1 Å². The van der Waals surface area contributed by atoms with E-state index in [4.69, 9.17) is 0 Å². The molecule has 3 aromatic carbocycles. The Morgan fingerprint density at radius 1 is 0.778 bits per heavy atom. The van der Waals surface area contributed by atoms with Gasteiger partial charge in [0.25, 0.3) is 0 Å². The second-order valence-corrected chi connectivity index (χ2v) is 6.37. The Hall–Kier alpha value is -1.87. The van der Waals surface area contributed by atoms with Gasteiger partial charge in [-0.3, -0.25) is 0 Å². The molecule has 0 bridgehead atoms. The predicted octanol–water partition coefficient (Wildman–Crippen LogP) is 3.40. The van der Waals surface area contributed by atoms with Crippen molar-refractivity contribution in [3.63, 3.8) is 0 Å². The third-order valence-electron chi connectivity index (χ3n) is 3.09. The summed E-state index contributed by atoms with van der Waals surface area (Å²) in [6.45, 7) is 0. The van der Waals surface area contributed by atoms with Gasteiger partial charge < -0.3 is 0 Å². The average molecular weight is 256 g/mol. The largest absolute Gasteiger partial charge is 0.224 e. The second kappa shape index (κ2) is 3.82. The zero-order valence-corrected chi connectivity index (χ0v) is 10.7. The van der Waals surface area contributed by atoms with Gasteiger partial charge in [0, 0.05) is 17.0 Å². The number of sulfone groups is 1. The first-order valence-corrected chi connectivity index (χ1v) is 7.57. The maximum absolute atomic E-state index is 12.1. The van der Waals surface area contributed by atoms with Gasteiger partial charge in [0.15, 0.2) is 9.84 Å². The monoisotopic (exact) mass is 256 g/mol. The molecule has 0 N–H and O–H groups in total. The average Bonchev–Trinajstić information content (AvgIpc) is 2.34. The highest BCUT2D eigenvalue weighted by Crippen LogP contribution is 2.31. The van der Waals surface area contributed by atoms with Crippen molar-refractivity contribution in [1.29, 1.82) is 0 Å². The molecule has 3 aromatic rings. The summed E-state index contributed by atoms with van der Waals surface area (Å²) in [5, 5.41) is 3.49. The van der Waals surface area contributed by atoms with Crippen LogP contribution in [0, 0.1) is 0 Å². The Morgan fingerprint density at radius 2 is 1.22 bits per heavy atom. The molecule has 0 heterocycles. The minimum Gasteiger partial charge on any atom is -0.224 e. The molecule has 0 spiro atoms. The summed E-state index contributed by atoms with van der Waals surface area (Å²) < 4.78 is 24.1. The molecule has 0 aliphatic rings. The summed E-state index contributed by atoms with van der Waals surface area (Å²) in [5.41, 5.74) is 0. The van der Waals surface area contributed by atoms with Crippen molar-refractivity contribution in [2.45, 2.75) is 4.90 Å². The van der Waals surface area contributed by atoms with Crippen molar-refractivity contribution in [2.24, 2.45) is 0 Å². The van der Waals surface area contributed by atoms with Gasteiger partial charge in [0.1, 0.15) is 0 Å². The molecule has 0 aliphatic heterocycles. The number of hydrogen-bond donors (Lipinski definition) is 0. The van der Waals surface area contributed by atoms with Crippen LogP contribution in [0.1, 0.15) is 0 Å². The van der Waals surface area contributed by atoms with E-state index in [1.807, 2.05) is 54.6 Å². The van der Waals surface area contributed by atoms with Gasteiger partial charge in [-0.05, 0) is 16.8 Å². The van der Waals surface area contributed by atoms with Crippen LogP contribution in [-0.4, -0.2) is 14.7 Å². The van der Waals surface area contributed by atoms with Gasteiger partial charge in [-0.2, -0.15) is 0 Å². The van der Waals surface area contributed by atoms with Crippen molar-refractivity contribution in [2.75, 3.05) is 6.26 Å². The number of hydrogen-bond acceptors (Lipinski definition) is 2. The SMILES string of the molecule is CS(=O)(=O)c1c2ccccc2cc2ccccc12. The molecule has 3 rings (SSSR count). The summed E-state index contributed by atoms with van der Waals surface area (Å²) in [6.07, 6.45) is 1.27. The molecule has 0 saturated heterocycles. The van der Waals surface area contributed by atoms with Gasteiger partial charge in [-0.1, -0.05) is 48.5 Å². The van der Waals surface area contributed by atoms with Crippen LogP contribution in [-0.2, 0) is 9.84 Å². The standard InChI is InChI=1S/C15H12O2S/c1-18(16,17)15-13-8-4-2-6-11(13)10-12-7-3-5-9-14(12)15/h2-10H,1H3. The van der Waals surface area contributed by atoms with E-state index >= 15 is 0 Å². The zero-order valence-electron chi connectivity index (χ0n) is 9.92. The molecular weight excluding hydrogens is 244 g/mol. The van der Waals surface area contributed by atoms with E-state index in [9.17, 15) is 8.42 Å². The van der Waals surface area contributed by atoms with Crippen molar-refractivity contribution in [1.82, 2.24) is 0 Å². The lowest BCUT2D eigenvalue weighted by Crippen LogP contribution is -1.99. The molecule has 2 nitrogen and oxygen atoms in total. The fourth-order valence-corrected chi connectivity index (χ4v) is 3.54. The van der Waals surface area contributed by atoms with Crippen LogP contribution in [0.4, 0.5) is 0 Å². The van der Waals surface area contributed by atoms with E-state index in [1.54, 1.807) is 0 Å². The van der Waals surface area contributed by atoms with Gasteiger partial charge in [0.2, 0.25) is 0 Å². The number of rotatable bonds is 1. The Labute approximate surface area is 106 Å². The van der Waals surface area contributed by atoms with Crippen LogP contribution in [0.5, 0.6) is 0 Å². The Bertz CT molecular complexity index is 795. The lowest BCUT2D eigenvalue weighted by atomic mass is 10.0. The summed E-state index contributed by atoms with van der Waals surface area (Å²) in [7, 11) is -3.26. The maximum atomic E-state index is 12.1. The summed E-state index contributed by atoms with van der Waals surface area (Å²) in [6, 6.07) is 17.2. The normalized spacial score (nSPS) is 12.1. The summed E-state index contributed by atoms with van der Waals surface area (Å²) >= 11 is 0. The van der Waals surface area contributed by atoms with E-state index in [1.165, 1.54) is 6.26 Å². The minimum absolute atomic E-state index is 0.427. The first-order valence-electron chi connectivity index (χ1n) is 5.68. The van der Waals surface area contributed by atoms with Crippen molar-refractivity contribution >= 4 is 31.4 Å². The molecule has 0 aromatic heterocycles. The molecule has 0 fully saturated rings. The van der Waals surface area contributed by atoms with E-state index in [-0.39, 0.29) is 0 Å². The Kier molecular flexibility index (Phi) is 2.38. The molecule has 0 amide bonds. The van der Waals surface area contributed by atoms with Gasteiger partial charge >= 0.3 is 0 Å². The van der Waals surface area contributed by atoms with E-state index < -0.39 is 9.84 Å². The van der Waals surface area contributed by atoms with Gasteiger partial charge in [-0.15, -0.1) is 0 Å². The molecule has 18 heavy (non-hydrogen) atoms. The number of fused-ring (bicyclic) bond motifs is 2. The second-order valence-electron chi connectivity index (χ2n) is 4.42. The third kappa shape index (κ3) is 1.68. The van der Waals surface area contributed by atoms with Crippen LogP contribution in [0.25, 0.3) is 21.5 Å². The molecule has 0 atom stereocenters. The third-order valence-corrected chi connectivity index (χ3v) is 4.27. The minimum atomic E-state index is -3.26. The highest BCUT2D eigenvalue weighted by atomic mass is 32.2. The van der Waals surface area contributed by atoms with E-state index in [0.717, 1.165) is 21.5 Å². The molecule has 0 unspecified atom stereocenters. The van der Waals surface area contributed by atoms with Crippen molar-refractivity contribution in [3.05, 3.63) is 54.6 Å². The van der Waals surface area contributed by atoms with Crippen molar-refractivity contribution in [3.8, 4) is 0 Å². The van der Waals surface area contributed by atoms with E-state index in [0.29, 0.717) is 4.90 Å². The fraction of sp³-hybridized carbons (Fsp3) is 0.0667. The molecule has 3 heteroatoms. The molecule has 0 aliphatic carbocycles. The fourth-order valence-electron chi connectivity index (χ4n) is 2.37. The van der Waals surface area contributed by atoms with Crippen LogP contribution in [0.3, 0.4) is 0 Å². The smallest absolute Gasteiger partial charge is 0.176 e. The lowest BCUT2D eigenvalue weighted by molar-refractivity contribution is 0.603. The summed E-state index contributed by atoms with van der Waals surface area (Å²) in [5.74, 6) is 0. The first-order chi connectivity index (χ1) is 8.57. The molecule has 0 saturated carbocycles. The lowest BCUT2D eigenvalue weighted by Gasteiger charge is -2.09. The van der Waals surface area contributed by atoms with Crippen LogP contribution in [0.2, 0.25) is 0 Å². The van der Waals surface area contributed by atoms with E-state index in [2.05, 4.69) is 0 Å². The van der Waals surface area contributed by atoms with Crippen LogP contribution in [0.15, 0.2) is 59.5 Å². The van der Waals surface area contributed by atoms with Crippen LogP contribution < -0.4 is 0 Å². The Balaban J connectivity index is 2.67. The zero-order chi connectivity index (χ0) is 12.8. The Morgan fingerprint density at radius 3 is 1.67 bits per heavy atom. The molecule has 90 valence electrons. The highest BCUT2D eigenvalue weighted by molar-refractivity contribution is 7.91. The van der Waals surface area contributed by atoms with Crippen LogP contribution >= 0.6 is 0 Å². The van der Waals surface area contributed by atoms with Gasteiger partial charge in [-0.25, -0.2) is 8.42 Å². The predicted molar refractivity (Wildman–Crippen MR) is 74.6 cm³/mol.